The van der Waals surface area contributed by atoms with Crippen LogP contribution in [0.25, 0.3) is 0 Å². The molecule has 1 saturated heterocycles. The molecular formula is C14H20N6. The summed E-state index contributed by atoms with van der Waals surface area (Å²) in [5, 5.41) is 7.29. The summed E-state index contributed by atoms with van der Waals surface area (Å²) in [6.45, 7) is 2.02. The summed E-state index contributed by atoms with van der Waals surface area (Å²) in [5.41, 5.74) is 2.30. The maximum atomic E-state index is 4.63. The van der Waals surface area contributed by atoms with Crippen LogP contribution in [0.5, 0.6) is 0 Å². The summed E-state index contributed by atoms with van der Waals surface area (Å²) in [6, 6.07) is 0.357. The Kier molecular flexibility index (Phi) is 3.64. The van der Waals surface area contributed by atoms with Gasteiger partial charge in [-0.25, -0.2) is 4.98 Å². The van der Waals surface area contributed by atoms with E-state index in [1.54, 1.807) is 6.20 Å². The molecular weight excluding hydrogens is 252 g/mol. The summed E-state index contributed by atoms with van der Waals surface area (Å²) in [7, 11) is 3.82. The summed E-state index contributed by atoms with van der Waals surface area (Å²) in [4.78, 5) is 11.4. The molecule has 0 aliphatic carbocycles. The van der Waals surface area contributed by atoms with Gasteiger partial charge < -0.3 is 5.32 Å². The topological polar surface area (TPSA) is 58.9 Å². The second kappa shape index (κ2) is 5.58. The van der Waals surface area contributed by atoms with Gasteiger partial charge in [0.05, 0.1) is 30.3 Å². The SMILES string of the molecule is CNc1cncc(C2CCCN2Cc2cnn(C)c2)n1. The Hall–Kier alpha value is -1.95. The highest BCUT2D eigenvalue weighted by Gasteiger charge is 2.27. The molecule has 1 N–H and O–H groups in total. The van der Waals surface area contributed by atoms with Crippen LogP contribution in [0.3, 0.4) is 0 Å². The third-order valence-electron chi connectivity index (χ3n) is 3.76. The van der Waals surface area contributed by atoms with Crippen molar-refractivity contribution in [2.75, 3.05) is 18.9 Å². The fourth-order valence-corrected chi connectivity index (χ4v) is 2.80. The third-order valence-corrected chi connectivity index (χ3v) is 3.76. The lowest BCUT2D eigenvalue weighted by Gasteiger charge is -2.23. The molecule has 1 aliphatic rings. The number of anilines is 1. The Morgan fingerprint density at radius 2 is 2.25 bits per heavy atom. The maximum Gasteiger partial charge on any atom is 0.144 e. The lowest BCUT2D eigenvalue weighted by Crippen LogP contribution is -2.23. The third kappa shape index (κ3) is 2.65. The second-order valence-electron chi connectivity index (χ2n) is 5.23. The fraction of sp³-hybridized carbons (Fsp3) is 0.500. The van der Waals surface area contributed by atoms with Gasteiger partial charge in [0, 0.05) is 32.4 Å². The average molecular weight is 272 g/mol. The highest BCUT2D eigenvalue weighted by molar-refractivity contribution is 5.31. The molecule has 1 atom stereocenters. The molecule has 1 unspecified atom stereocenters. The molecule has 3 rings (SSSR count). The summed E-state index contributed by atoms with van der Waals surface area (Å²) >= 11 is 0. The minimum Gasteiger partial charge on any atom is -0.372 e. The molecule has 0 spiro atoms. The quantitative estimate of drug-likeness (QED) is 0.916. The van der Waals surface area contributed by atoms with Crippen LogP contribution in [0, 0.1) is 0 Å². The van der Waals surface area contributed by atoms with Crippen molar-refractivity contribution in [2.24, 2.45) is 7.05 Å². The van der Waals surface area contributed by atoms with Crippen LogP contribution >= 0.6 is 0 Å². The molecule has 0 aromatic carbocycles. The molecule has 20 heavy (non-hydrogen) atoms. The lowest BCUT2D eigenvalue weighted by atomic mass is 10.1. The van der Waals surface area contributed by atoms with Crippen LogP contribution in [0.1, 0.15) is 30.1 Å². The standard InChI is InChI=1S/C14H20N6/c1-15-14-8-16-7-12(18-14)13-4-3-5-20(13)10-11-6-17-19(2)9-11/h6-9,13H,3-5,10H2,1-2H3,(H,15,18). The fourth-order valence-electron chi connectivity index (χ4n) is 2.80. The molecule has 0 bridgehead atoms. The number of nitrogens with one attached hydrogen (secondary N) is 1. The van der Waals surface area contributed by atoms with Crippen molar-refractivity contribution in [3.8, 4) is 0 Å². The average Bonchev–Trinajstić information content (AvgIpc) is 3.08. The van der Waals surface area contributed by atoms with Gasteiger partial charge in [-0.15, -0.1) is 0 Å². The molecule has 106 valence electrons. The number of aryl methyl sites for hydroxylation is 1. The van der Waals surface area contributed by atoms with E-state index in [0.717, 1.165) is 31.0 Å². The van der Waals surface area contributed by atoms with Crippen molar-refractivity contribution in [2.45, 2.75) is 25.4 Å². The lowest BCUT2D eigenvalue weighted by molar-refractivity contribution is 0.244. The van der Waals surface area contributed by atoms with Crippen molar-refractivity contribution in [3.05, 3.63) is 36.0 Å². The first-order valence-electron chi connectivity index (χ1n) is 6.97. The van der Waals surface area contributed by atoms with Crippen LogP contribution in [0.4, 0.5) is 5.82 Å². The van der Waals surface area contributed by atoms with Crippen LogP contribution < -0.4 is 5.32 Å². The normalized spacial score (nSPS) is 19.4. The maximum absolute atomic E-state index is 4.63. The van der Waals surface area contributed by atoms with Crippen LogP contribution in [-0.4, -0.2) is 38.2 Å². The molecule has 1 aliphatic heterocycles. The van der Waals surface area contributed by atoms with E-state index < -0.39 is 0 Å². The van der Waals surface area contributed by atoms with E-state index in [0.29, 0.717) is 6.04 Å². The molecule has 2 aromatic heterocycles. The molecule has 3 heterocycles. The zero-order chi connectivity index (χ0) is 13.9. The van der Waals surface area contributed by atoms with Crippen LogP contribution in [0.2, 0.25) is 0 Å². The summed E-state index contributed by atoms with van der Waals surface area (Å²) < 4.78 is 1.85. The molecule has 0 radical (unpaired) electrons. The van der Waals surface area contributed by atoms with Gasteiger partial charge in [-0.2, -0.15) is 5.10 Å². The van der Waals surface area contributed by atoms with Gasteiger partial charge in [-0.05, 0) is 19.4 Å². The number of aromatic nitrogens is 4. The van der Waals surface area contributed by atoms with Gasteiger partial charge in [-0.1, -0.05) is 0 Å². The highest BCUT2D eigenvalue weighted by Crippen LogP contribution is 2.32. The molecule has 6 nitrogen and oxygen atoms in total. The Morgan fingerprint density at radius 1 is 1.35 bits per heavy atom. The first kappa shape index (κ1) is 13.1. The minimum atomic E-state index is 0.357. The van der Waals surface area contributed by atoms with Crippen molar-refractivity contribution >= 4 is 5.82 Å². The van der Waals surface area contributed by atoms with E-state index in [-0.39, 0.29) is 0 Å². The Bertz CT molecular complexity index is 579. The van der Waals surface area contributed by atoms with E-state index >= 15 is 0 Å². The van der Waals surface area contributed by atoms with Crippen molar-refractivity contribution in [3.63, 3.8) is 0 Å². The van der Waals surface area contributed by atoms with E-state index in [4.69, 9.17) is 0 Å². The van der Waals surface area contributed by atoms with E-state index in [2.05, 4.69) is 31.5 Å². The Morgan fingerprint density at radius 3 is 3.00 bits per heavy atom. The van der Waals surface area contributed by atoms with Gasteiger partial charge in [0.2, 0.25) is 0 Å². The summed E-state index contributed by atoms with van der Waals surface area (Å²) in [6.07, 6.45) is 9.99. The molecule has 0 amide bonds. The number of nitrogens with zero attached hydrogens (tertiary/aromatic N) is 5. The van der Waals surface area contributed by atoms with Crippen molar-refractivity contribution in [1.82, 2.24) is 24.6 Å². The second-order valence-corrected chi connectivity index (χ2v) is 5.23. The van der Waals surface area contributed by atoms with Gasteiger partial charge >= 0.3 is 0 Å². The van der Waals surface area contributed by atoms with Crippen LogP contribution in [-0.2, 0) is 13.6 Å². The summed E-state index contributed by atoms with van der Waals surface area (Å²) in [5.74, 6) is 0.829. The highest BCUT2D eigenvalue weighted by atomic mass is 15.3. The molecule has 1 fully saturated rings. The van der Waals surface area contributed by atoms with E-state index in [1.165, 1.54) is 12.0 Å². The number of likely N-dealkylation sites (tertiary alicyclic amines) is 1. The number of hydrogen-bond acceptors (Lipinski definition) is 5. The number of hydrogen-bond donors (Lipinski definition) is 1. The largest absolute Gasteiger partial charge is 0.372 e. The molecule has 0 saturated carbocycles. The van der Waals surface area contributed by atoms with Crippen LogP contribution in [0.15, 0.2) is 24.8 Å². The van der Waals surface area contributed by atoms with Gasteiger partial charge in [0.1, 0.15) is 5.82 Å². The predicted octanol–water partition coefficient (Wildman–Crippen LogP) is 1.59. The predicted molar refractivity (Wildman–Crippen MR) is 77.2 cm³/mol. The molecule has 6 heteroatoms. The van der Waals surface area contributed by atoms with Gasteiger partial charge in [-0.3, -0.25) is 14.6 Å². The first-order chi connectivity index (χ1) is 9.76. The Balaban J connectivity index is 1.77. The first-order valence-corrected chi connectivity index (χ1v) is 6.97. The van der Waals surface area contributed by atoms with Crippen molar-refractivity contribution < 1.29 is 0 Å². The Labute approximate surface area is 118 Å². The van der Waals surface area contributed by atoms with E-state index in [1.807, 2.05) is 31.2 Å². The van der Waals surface area contributed by atoms with Gasteiger partial charge in [0.15, 0.2) is 0 Å². The molecule has 2 aromatic rings. The minimum absolute atomic E-state index is 0.357. The van der Waals surface area contributed by atoms with E-state index in [9.17, 15) is 0 Å². The zero-order valence-corrected chi connectivity index (χ0v) is 12.0. The van der Waals surface area contributed by atoms with Crippen molar-refractivity contribution in [1.29, 1.82) is 0 Å². The smallest absolute Gasteiger partial charge is 0.144 e. The monoisotopic (exact) mass is 272 g/mol. The zero-order valence-electron chi connectivity index (χ0n) is 12.0. The van der Waals surface area contributed by atoms with Gasteiger partial charge in [0.25, 0.3) is 0 Å². The number of rotatable bonds is 4.